The highest BCUT2D eigenvalue weighted by Gasteiger charge is 2.35. The second-order valence-electron chi connectivity index (χ2n) is 10.4. The Morgan fingerprint density at radius 1 is 0.894 bits per heavy atom. The molecule has 3 aromatic carbocycles. The first kappa shape index (κ1) is 33.7. The number of oxazole rings is 1. The number of aromatic nitrogens is 3. The number of aliphatic hydroxyl groups is 2. The predicted octanol–water partition coefficient (Wildman–Crippen LogP) is 6.52. The summed E-state index contributed by atoms with van der Waals surface area (Å²) in [6.07, 6.45) is -8.00. The first-order valence-electron chi connectivity index (χ1n) is 13.7. The van der Waals surface area contributed by atoms with Crippen LogP contribution in [0.1, 0.15) is 23.0 Å². The van der Waals surface area contributed by atoms with Crippen molar-refractivity contribution >= 4 is 9.84 Å². The smallest absolute Gasteiger partial charge is 0.440 e. The number of imidazole rings is 1. The quantitative estimate of drug-likeness (QED) is 0.169. The third-order valence-electron chi connectivity index (χ3n) is 7.00. The number of nitrogens with zero attached hydrogens (tertiary/aromatic N) is 3. The summed E-state index contributed by atoms with van der Waals surface area (Å²) >= 11 is 0. The summed E-state index contributed by atoms with van der Waals surface area (Å²) in [6.45, 7) is 0.429. The van der Waals surface area contributed by atoms with Crippen LogP contribution in [0.25, 0.3) is 39.4 Å². The molecular weight excluding hydrogens is 656 g/mol. The van der Waals surface area contributed by atoms with E-state index in [2.05, 4.69) is 14.7 Å². The van der Waals surface area contributed by atoms with Crippen molar-refractivity contribution in [2.45, 2.75) is 37.4 Å². The van der Waals surface area contributed by atoms with E-state index < -0.39 is 40.4 Å². The number of rotatable bonds is 9. The van der Waals surface area contributed by atoms with Gasteiger partial charge in [-0.3, -0.25) is 0 Å². The van der Waals surface area contributed by atoms with E-state index in [1.54, 1.807) is 12.1 Å². The zero-order valence-corrected chi connectivity index (χ0v) is 25.3. The molecule has 2 N–H and O–H groups in total. The maximum Gasteiger partial charge on any atom is 0.573 e. The fraction of sp³-hybridized carbons (Fsp3) is 0.226. The van der Waals surface area contributed by atoms with Gasteiger partial charge in [-0.1, -0.05) is 18.2 Å². The van der Waals surface area contributed by atoms with Crippen LogP contribution >= 0.6 is 0 Å². The summed E-state index contributed by atoms with van der Waals surface area (Å²) in [4.78, 5) is 7.94. The molecule has 5 rings (SSSR count). The van der Waals surface area contributed by atoms with Crippen LogP contribution in [0.15, 0.2) is 76.2 Å². The molecule has 2 aromatic heterocycles. The molecule has 0 fully saturated rings. The maximum atomic E-state index is 13.6. The number of ether oxygens (including phenoxy) is 1. The van der Waals surface area contributed by atoms with E-state index in [1.165, 1.54) is 47.9 Å². The summed E-state index contributed by atoms with van der Waals surface area (Å²) in [6, 6.07) is 13.5. The van der Waals surface area contributed by atoms with Crippen molar-refractivity contribution in [3.63, 3.8) is 0 Å². The Bertz CT molecular complexity index is 2030. The molecule has 16 heteroatoms. The molecule has 9 nitrogen and oxygen atoms in total. The molecule has 0 aliphatic rings. The Kier molecular flexibility index (Phi) is 8.96. The second kappa shape index (κ2) is 12.5. The third-order valence-corrected chi connectivity index (χ3v) is 8.18. The first-order chi connectivity index (χ1) is 22.0. The molecule has 0 radical (unpaired) electrons. The van der Waals surface area contributed by atoms with E-state index in [4.69, 9.17) is 4.42 Å². The molecule has 0 saturated carbocycles. The normalized spacial score (nSPS) is 12.5. The van der Waals surface area contributed by atoms with E-state index in [-0.39, 0.29) is 63.5 Å². The van der Waals surface area contributed by atoms with E-state index >= 15 is 0 Å². The van der Waals surface area contributed by atoms with E-state index in [0.717, 1.165) is 24.6 Å². The molecular formula is C31H25F6N3O6S. The van der Waals surface area contributed by atoms with Gasteiger partial charge in [-0.2, -0.15) is 13.2 Å². The zero-order chi connectivity index (χ0) is 34.3. The average Bonchev–Trinajstić information content (AvgIpc) is 3.59. The number of aryl methyl sites for hydroxylation is 1. The van der Waals surface area contributed by atoms with Gasteiger partial charge in [-0.05, 0) is 66.1 Å². The monoisotopic (exact) mass is 681 g/mol. The molecule has 0 aliphatic heterocycles. The summed E-state index contributed by atoms with van der Waals surface area (Å²) < 4.78 is 115. The fourth-order valence-corrected chi connectivity index (χ4v) is 5.88. The number of halogens is 6. The minimum atomic E-state index is -4.94. The zero-order valence-electron chi connectivity index (χ0n) is 24.5. The maximum absolute atomic E-state index is 13.6. The van der Waals surface area contributed by atoms with E-state index in [0.29, 0.717) is 11.1 Å². The van der Waals surface area contributed by atoms with Gasteiger partial charge < -0.3 is 23.9 Å². The van der Waals surface area contributed by atoms with Gasteiger partial charge in [0, 0.05) is 30.0 Å². The van der Waals surface area contributed by atoms with Gasteiger partial charge in [0.2, 0.25) is 0 Å². The number of sulfone groups is 1. The van der Waals surface area contributed by atoms with Gasteiger partial charge in [0.15, 0.2) is 27.2 Å². The van der Waals surface area contributed by atoms with Gasteiger partial charge in [0.25, 0.3) is 0 Å². The SMILES string of the molecule is Cc1nc(C(F)(F)F)cn1-c1ccc(-c2ccc(CO)c(S(C)(=O)=O)c2)cc1-c1oc(CCO)nc1-c1ccc(OC(F)(F)F)cc1. The van der Waals surface area contributed by atoms with Crippen LogP contribution < -0.4 is 4.74 Å². The highest BCUT2D eigenvalue weighted by atomic mass is 32.2. The Balaban J connectivity index is 1.76. The largest absolute Gasteiger partial charge is 0.573 e. The van der Waals surface area contributed by atoms with Crippen molar-refractivity contribution < 1.29 is 54.1 Å². The standard InChI is InChI=1S/C31H25F6N3O6S/c1-17-38-26(30(32,33)34)15-40(17)24-10-7-19(20-3-4-21(16-42)25(14-20)47(2,43)44)13-23(24)29-28(39-27(45-29)11-12-41)18-5-8-22(9-6-18)46-31(35,36)37/h3-10,13-15,41-42H,11-12,16H2,1-2H3. The molecule has 248 valence electrons. The van der Waals surface area contributed by atoms with Crippen LogP contribution in [-0.2, 0) is 29.0 Å². The van der Waals surface area contributed by atoms with Gasteiger partial charge >= 0.3 is 12.5 Å². The van der Waals surface area contributed by atoms with Crippen LogP contribution in [0.5, 0.6) is 5.75 Å². The Morgan fingerprint density at radius 3 is 2.11 bits per heavy atom. The number of hydrogen-bond acceptors (Lipinski definition) is 8. The molecule has 0 atom stereocenters. The lowest BCUT2D eigenvalue weighted by Gasteiger charge is -2.15. The summed E-state index contributed by atoms with van der Waals surface area (Å²) in [5.74, 6) is -0.532. The molecule has 0 spiro atoms. The number of alkyl halides is 6. The fourth-order valence-electron chi connectivity index (χ4n) is 4.93. The van der Waals surface area contributed by atoms with Crippen molar-refractivity contribution in [2.75, 3.05) is 12.9 Å². The topological polar surface area (TPSA) is 128 Å². The molecule has 0 saturated heterocycles. The van der Waals surface area contributed by atoms with E-state index in [9.17, 15) is 45.0 Å². The van der Waals surface area contributed by atoms with Crippen LogP contribution in [0.2, 0.25) is 0 Å². The summed E-state index contributed by atoms with van der Waals surface area (Å²) in [5.41, 5.74) is 0.412. The third kappa shape index (κ3) is 7.34. The molecule has 0 bridgehead atoms. The summed E-state index contributed by atoms with van der Waals surface area (Å²) in [5, 5.41) is 19.3. The van der Waals surface area contributed by atoms with Crippen molar-refractivity contribution in [2.24, 2.45) is 0 Å². The van der Waals surface area contributed by atoms with Gasteiger partial charge in [-0.25, -0.2) is 18.4 Å². The van der Waals surface area contributed by atoms with Crippen LogP contribution in [0.3, 0.4) is 0 Å². The predicted molar refractivity (Wildman–Crippen MR) is 156 cm³/mol. The molecule has 47 heavy (non-hydrogen) atoms. The Hall–Kier alpha value is -4.67. The minimum Gasteiger partial charge on any atom is -0.440 e. The lowest BCUT2D eigenvalue weighted by Crippen LogP contribution is -2.16. The van der Waals surface area contributed by atoms with Crippen molar-refractivity contribution in [1.29, 1.82) is 0 Å². The number of benzene rings is 3. The molecule has 0 aliphatic carbocycles. The van der Waals surface area contributed by atoms with Crippen LogP contribution in [0.4, 0.5) is 26.3 Å². The highest BCUT2D eigenvalue weighted by molar-refractivity contribution is 7.90. The minimum absolute atomic E-state index is 0.00763. The highest BCUT2D eigenvalue weighted by Crippen LogP contribution is 2.41. The van der Waals surface area contributed by atoms with Gasteiger partial charge in [0.1, 0.15) is 17.3 Å². The molecule has 0 amide bonds. The molecule has 0 unspecified atom stereocenters. The van der Waals surface area contributed by atoms with E-state index in [1.807, 2.05) is 0 Å². The Morgan fingerprint density at radius 2 is 1.53 bits per heavy atom. The van der Waals surface area contributed by atoms with Gasteiger partial charge in [0.05, 0.1) is 23.8 Å². The van der Waals surface area contributed by atoms with Crippen molar-refractivity contribution in [3.8, 4) is 45.1 Å². The van der Waals surface area contributed by atoms with Crippen molar-refractivity contribution in [1.82, 2.24) is 14.5 Å². The van der Waals surface area contributed by atoms with Crippen LogP contribution in [0, 0.1) is 6.92 Å². The first-order valence-corrected chi connectivity index (χ1v) is 15.6. The van der Waals surface area contributed by atoms with Crippen LogP contribution in [-0.4, -0.2) is 52.4 Å². The number of aliphatic hydroxyl groups excluding tert-OH is 2. The van der Waals surface area contributed by atoms with Crippen molar-refractivity contribution in [3.05, 3.63) is 89.8 Å². The number of hydrogen-bond donors (Lipinski definition) is 2. The lowest BCUT2D eigenvalue weighted by atomic mass is 9.97. The lowest BCUT2D eigenvalue weighted by molar-refractivity contribution is -0.274. The Labute approximate surface area is 263 Å². The second-order valence-corrected chi connectivity index (χ2v) is 12.3. The van der Waals surface area contributed by atoms with Gasteiger partial charge in [-0.15, -0.1) is 13.2 Å². The molecule has 2 heterocycles. The summed E-state index contributed by atoms with van der Waals surface area (Å²) in [7, 11) is -3.78. The molecule has 5 aromatic rings. The average molecular weight is 682 g/mol.